The van der Waals surface area contributed by atoms with Crippen molar-refractivity contribution >= 4 is 74.7 Å². The smallest absolute Gasteiger partial charge is 0.237 e. The Labute approximate surface area is 200 Å². The molecule has 2 aliphatic rings. The van der Waals surface area contributed by atoms with Gasteiger partial charge in [-0.15, -0.1) is 0 Å². The topological polar surface area (TPSA) is 97.5 Å². The molecule has 1 N–H and O–H groups in total. The molecule has 0 radical (unpaired) electrons. The monoisotopic (exact) mass is 479 g/mol. The summed E-state index contributed by atoms with van der Waals surface area (Å²) in [5.74, 6) is 2.44. The summed E-state index contributed by atoms with van der Waals surface area (Å²) in [5, 5.41) is 15.5. The first kappa shape index (κ1) is 21.4. The zero-order chi connectivity index (χ0) is 23.4. The average molecular weight is 480 g/mol. The van der Waals surface area contributed by atoms with Crippen molar-refractivity contribution in [3.8, 4) is 6.07 Å². The number of aromatic nitrogens is 2. The van der Waals surface area contributed by atoms with Crippen molar-refractivity contribution in [2.45, 2.75) is 27.2 Å². The van der Waals surface area contributed by atoms with Crippen LogP contribution in [0.3, 0.4) is 0 Å². The Morgan fingerprint density at radius 3 is 2.48 bits per heavy atom. The molecule has 1 aromatic carbocycles. The van der Waals surface area contributed by atoms with E-state index in [4.69, 9.17) is 33.2 Å². The Kier molecular flexibility index (Phi) is 5.11. The number of nitriles is 1. The van der Waals surface area contributed by atoms with Crippen molar-refractivity contribution in [3.63, 3.8) is 0 Å². The first-order valence-corrected chi connectivity index (χ1v) is 11.3. The summed E-state index contributed by atoms with van der Waals surface area (Å²) in [6, 6.07) is 7.28. The van der Waals surface area contributed by atoms with Crippen LogP contribution in [0.2, 0.25) is 10.0 Å². The van der Waals surface area contributed by atoms with Crippen LogP contribution in [0.5, 0.6) is 0 Å². The lowest BCUT2D eigenvalue weighted by molar-refractivity contribution is -0.116. The van der Waals surface area contributed by atoms with Gasteiger partial charge in [0.05, 0.1) is 17.5 Å². The lowest BCUT2D eigenvalue weighted by Gasteiger charge is -2.26. The fourth-order valence-electron chi connectivity index (χ4n) is 4.45. The zero-order valence-electron chi connectivity index (χ0n) is 18.2. The first-order chi connectivity index (χ1) is 15.9. The maximum Gasteiger partial charge on any atom is 0.237 e. The van der Waals surface area contributed by atoms with Gasteiger partial charge in [0.2, 0.25) is 5.91 Å². The Bertz CT molecular complexity index is 1400. The predicted molar refractivity (Wildman–Crippen MR) is 132 cm³/mol. The van der Waals surface area contributed by atoms with Crippen LogP contribution in [0.25, 0.3) is 10.8 Å². The number of fused-ring (bicyclic) bond motifs is 2. The maximum absolute atomic E-state index is 13.2. The molecule has 166 valence electrons. The largest absolute Gasteiger partial charge is 0.356 e. The van der Waals surface area contributed by atoms with Gasteiger partial charge in [0.15, 0.2) is 5.82 Å². The van der Waals surface area contributed by atoms with E-state index in [1.807, 2.05) is 25.7 Å². The number of pyridine rings is 2. The summed E-state index contributed by atoms with van der Waals surface area (Å²) in [6.45, 7) is 7.19. The van der Waals surface area contributed by atoms with Crippen LogP contribution in [0.4, 0.5) is 29.0 Å². The highest BCUT2D eigenvalue weighted by Gasteiger charge is 2.36. The van der Waals surface area contributed by atoms with Crippen LogP contribution in [-0.4, -0.2) is 34.8 Å². The van der Waals surface area contributed by atoms with Crippen LogP contribution >= 0.6 is 23.2 Å². The number of hydrogen-bond donors (Lipinski definition) is 1. The second-order valence-electron chi connectivity index (χ2n) is 7.79. The molecule has 5 rings (SSSR count). The summed E-state index contributed by atoms with van der Waals surface area (Å²) >= 11 is 12.4. The summed E-state index contributed by atoms with van der Waals surface area (Å²) in [4.78, 5) is 30.9. The van der Waals surface area contributed by atoms with Gasteiger partial charge in [0.1, 0.15) is 34.9 Å². The van der Waals surface area contributed by atoms with Gasteiger partial charge in [0, 0.05) is 34.1 Å². The summed E-state index contributed by atoms with van der Waals surface area (Å²) < 4.78 is 0. The van der Waals surface area contributed by atoms with E-state index in [0.29, 0.717) is 79.8 Å². The third-order valence-electron chi connectivity index (χ3n) is 5.83. The van der Waals surface area contributed by atoms with Gasteiger partial charge in [0.25, 0.3) is 0 Å². The number of amides is 1. The Morgan fingerprint density at radius 2 is 1.85 bits per heavy atom. The first-order valence-electron chi connectivity index (χ1n) is 10.5. The summed E-state index contributed by atoms with van der Waals surface area (Å²) in [7, 11) is 0. The maximum atomic E-state index is 13.2. The molecule has 0 unspecified atom stereocenters. The van der Waals surface area contributed by atoms with Crippen molar-refractivity contribution in [2.75, 3.05) is 28.2 Å². The number of nitrogens with one attached hydrogen (secondary N) is 1. The van der Waals surface area contributed by atoms with Crippen LogP contribution in [0, 0.1) is 11.3 Å². The molecular weight excluding hydrogens is 461 g/mol. The molecule has 33 heavy (non-hydrogen) atoms. The molecule has 3 aromatic rings. The predicted octanol–water partition coefficient (Wildman–Crippen LogP) is 5.35. The van der Waals surface area contributed by atoms with Crippen molar-refractivity contribution < 1.29 is 4.79 Å². The number of halogens is 2. The molecule has 0 spiro atoms. The quantitative estimate of drug-likeness (QED) is 0.541. The molecule has 2 aromatic heterocycles. The summed E-state index contributed by atoms with van der Waals surface area (Å²) in [6.07, 6.45) is 0.0851. The highest BCUT2D eigenvalue weighted by molar-refractivity contribution is 6.35. The van der Waals surface area contributed by atoms with Crippen LogP contribution in [-0.2, 0) is 11.2 Å². The minimum atomic E-state index is -0.183. The molecule has 0 fully saturated rings. The third kappa shape index (κ3) is 3.27. The number of carbonyl (C=O) groups excluding carboxylic acids is 1. The highest BCUT2D eigenvalue weighted by atomic mass is 35.5. The van der Waals surface area contributed by atoms with E-state index in [9.17, 15) is 10.1 Å². The Balaban J connectivity index is 1.88. The molecule has 1 amide bonds. The Morgan fingerprint density at radius 1 is 1.15 bits per heavy atom. The number of rotatable bonds is 4. The fraction of sp³-hybridized carbons (Fsp3) is 0.261. The number of aliphatic imine (C=N–C) groups is 1. The van der Waals surface area contributed by atoms with E-state index >= 15 is 0 Å². The highest BCUT2D eigenvalue weighted by Crippen LogP contribution is 2.47. The molecule has 0 bridgehead atoms. The molecule has 0 saturated heterocycles. The zero-order valence-corrected chi connectivity index (χ0v) is 19.7. The second-order valence-corrected chi connectivity index (χ2v) is 8.66. The number of amidine groups is 1. The molecule has 0 saturated carbocycles. The number of nitrogens with zero attached hydrogens (tertiary/aromatic N) is 6. The van der Waals surface area contributed by atoms with Crippen LogP contribution < -0.4 is 15.1 Å². The Hall–Kier alpha value is -3.41. The van der Waals surface area contributed by atoms with Gasteiger partial charge >= 0.3 is 0 Å². The number of carbonyl (C=O) groups is 1. The number of benzene rings is 1. The van der Waals surface area contributed by atoms with Gasteiger partial charge in [-0.1, -0.05) is 23.2 Å². The van der Waals surface area contributed by atoms with Gasteiger partial charge < -0.3 is 10.2 Å². The van der Waals surface area contributed by atoms with E-state index in [-0.39, 0.29) is 12.3 Å². The normalized spacial score (nSPS) is 14.1. The minimum Gasteiger partial charge on any atom is -0.356 e. The SMILES string of the molecule is CCN(CC)c1nc2c3c(nc4c(c3c1C#N)CC(=O)N4c1cc(Cl)cc(Cl)c1)NC(C)=N2. The molecule has 8 nitrogen and oxygen atoms in total. The third-order valence-corrected chi connectivity index (χ3v) is 6.26. The van der Waals surface area contributed by atoms with Crippen molar-refractivity contribution in [1.29, 1.82) is 5.26 Å². The van der Waals surface area contributed by atoms with Gasteiger partial charge in [-0.25, -0.2) is 15.0 Å². The van der Waals surface area contributed by atoms with E-state index in [1.165, 1.54) is 4.90 Å². The van der Waals surface area contributed by atoms with Gasteiger partial charge in [-0.2, -0.15) is 5.26 Å². The van der Waals surface area contributed by atoms with Gasteiger partial charge in [-0.05, 0) is 39.0 Å². The number of anilines is 4. The van der Waals surface area contributed by atoms with E-state index < -0.39 is 0 Å². The van der Waals surface area contributed by atoms with Crippen molar-refractivity contribution in [1.82, 2.24) is 9.97 Å². The number of hydrogen-bond acceptors (Lipinski definition) is 7. The van der Waals surface area contributed by atoms with Crippen molar-refractivity contribution in [3.05, 3.63) is 39.4 Å². The molecule has 0 aliphatic carbocycles. The van der Waals surface area contributed by atoms with E-state index in [1.54, 1.807) is 18.2 Å². The fourth-order valence-corrected chi connectivity index (χ4v) is 4.97. The van der Waals surface area contributed by atoms with Crippen LogP contribution in [0.1, 0.15) is 31.9 Å². The second kappa shape index (κ2) is 7.87. The van der Waals surface area contributed by atoms with Crippen molar-refractivity contribution in [2.24, 2.45) is 4.99 Å². The van der Waals surface area contributed by atoms with E-state index in [2.05, 4.69) is 16.4 Å². The molecule has 0 atom stereocenters. The standard InChI is InChI=1S/C23H19Cl2N7O/c1-4-31(5-2)22-16(10-26)18-15-9-17(33)32(14-7-12(24)6-13(25)8-14)23(15)30-21-19(18)20(29-22)27-11(3)28-21/h6-8H,4-5,9H2,1-3H3,(H,27,28,29,30). The lowest BCUT2D eigenvalue weighted by Crippen LogP contribution is -2.25. The molecule has 10 heteroatoms. The molecular formula is C23H19Cl2N7O. The van der Waals surface area contributed by atoms with Gasteiger partial charge in [-0.3, -0.25) is 9.69 Å². The molecule has 2 aliphatic heterocycles. The van der Waals surface area contributed by atoms with E-state index in [0.717, 1.165) is 0 Å². The summed E-state index contributed by atoms with van der Waals surface area (Å²) in [5.41, 5.74) is 1.60. The minimum absolute atomic E-state index is 0.0851. The average Bonchev–Trinajstić information content (AvgIpc) is 3.09. The lowest BCUT2D eigenvalue weighted by atomic mass is 9.99. The molecule has 4 heterocycles. The van der Waals surface area contributed by atoms with Crippen LogP contribution in [0.15, 0.2) is 23.2 Å².